The Morgan fingerprint density at radius 2 is 2.05 bits per heavy atom. The van der Waals surface area contributed by atoms with Crippen molar-refractivity contribution in [3.05, 3.63) is 53.8 Å². The quantitative estimate of drug-likeness (QED) is 0.678. The fraction of sp³-hybridized carbons (Fsp3) is 0. The van der Waals surface area contributed by atoms with E-state index in [9.17, 15) is 9.18 Å². The molecule has 0 fully saturated rings. The Labute approximate surface area is 112 Å². The molecule has 94 valence electrons. The molecule has 0 aliphatic carbocycles. The van der Waals surface area contributed by atoms with Gasteiger partial charge in [-0.2, -0.15) is 0 Å². The van der Waals surface area contributed by atoms with Crippen molar-refractivity contribution < 1.29 is 13.6 Å². The first-order valence-electron chi connectivity index (χ1n) is 5.54. The third-order valence-electron chi connectivity index (χ3n) is 2.56. The molecule has 0 aliphatic rings. The fourth-order valence-corrected chi connectivity index (χ4v) is 2.42. The van der Waals surface area contributed by atoms with E-state index in [0.29, 0.717) is 27.6 Å². The largest absolute Gasteiger partial charge is 0.431 e. The van der Waals surface area contributed by atoms with Crippen LogP contribution in [-0.4, -0.2) is 11.3 Å². The molecule has 3 nitrogen and oxygen atoms in total. The molecule has 0 unspecified atom stereocenters. The molecule has 0 spiro atoms. The number of hydrogen-bond acceptors (Lipinski definition) is 4. The number of aromatic nitrogens is 1. The molecule has 0 bridgehead atoms. The lowest BCUT2D eigenvalue weighted by Crippen LogP contribution is -1.85. The summed E-state index contributed by atoms with van der Waals surface area (Å²) in [6.07, 6.45) is 0.608. The van der Waals surface area contributed by atoms with Crippen molar-refractivity contribution in [3.8, 4) is 0 Å². The lowest BCUT2D eigenvalue weighted by Gasteiger charge is -1.99. The van der Waals surface area contributed by atoms with Gasteiger partial charge >= 0.3 is 0 Å². The van der Waals surface area contributed by atoms with Crippen LogP contribution in [0.3, 0.4) is 0 Å². The van der Waals surface area contributed by atoms with Crippen molar-refractivity contribution >= 4 is 29.1 Å². The van der Waals surface area contributed by atoms with Gasteiger partial charge in [0, 0.05) is 5.56 Å². The Kier molecular flexibility index (Phi) is 3.05. The summed E-state index contributed by atoms with van der Waals surface area (Å²) >= 11 is 1.09. The Bertz CT molecular complexity index is 721. The summed E-state index contributed by atoms with van der Waals surface area (Å²) in [5, 5.41) is 0.374. The van der Waals surface area contributed by atoms with E-state index in [4.69, 9.17) is 4.42 Å². The number of carbonyl (C=O) groups excluding carboxylic acids is 1. The van der Waals surface area contributed by atoms with Crippen LogP contribution < -0.4 is 0 Å². The number of oxazole rings is 1. The van der Waals surface area contributed by atoms with E-state index in [0.717, 1.165) is 17.3 Å². The maximum absolute atomic E-state index is 13.7. The van der Waals surface area contributed by atoms with Crippen LogP contribution in [0.2, 0.25) is 0 Å². The number of aldehydes is 1. The number of hydrogen-bond donors (Lipinski definition) is 0. The first-order valence-corrected chi connectivity index (χ1v) is 6.36. The van der Waals surface area contributed by atoms with Crippen LogP contribution in [0.1, 0.15) is 10.4 Å². The van der Waals surface area contributed by atoms with Gasteiger partial charge in [-0.25, -0.2) is 9.37 Å². The maximum atomic E-state index is 13.7. The van der Waals surface area contributed by atoms with Crippen molar-refractivity contribution in [2.45, 2.75) is 10.1 Å². The molecule has 0 radical (unpaired) electrons. The maximum Gasteiger partial charge on any atom is 0.261 e. The summed E-state index contributed by atoms with van der Waals surface area (Å²) in [6.45, 7) is 0. The second-order valence-corrected chi connectivity index (χ2v) is 4.85. The lowest BCUT2D eigenvalue weighted by atomic mass is 10.2. The Morgan fingerprint density at radius 1 is 1.21 bits per heavy atom. The molecule has 3 rings (SSSR count). The van der Waals surface area contributed by atoms with Crippen LogP contribution in [-0.2, 0) is 0 Å². The average Bonchev–Trinajstić information content (AvgIpc) is 2.83. The minimum Gasteiger partial charge on any atom is -0.431 e. The van der Waals surface area contributed by atoms with E-state index in [1.165, 1.54) is 6.07 Å². The van der Waals surface area contributed by atoms with Gasteiger partial charge in [0.25, 0.3) is 5.22 Å². The van der Waals surface area contributed by atoms with Crippen molar-refractivity contribution in [3.63, 3.8) is 0 Å². The molecule has 0 saturated heterocycles. The zero-order chi connectivity index (χ0) is 13.2. The molecule has 1 heterocycles. The predicted molar refractivity (Wildman–Crippen MR) is 69.9 cm³/mol. The second-order valence-electron chi connectivity index (χ2n) is 3.86. The zero-order valence-corrected chi connectivity index (χ0v) is 10.5. The van der Waals surface area contributed by atoms with Crippen LogP contribution in [0.4, 0.5) is 4.39 Å². The van der Waals surface area contributed by atoms with E-state index in [2.05, 4.69) is 4.98 Å². The molecule has 0 saturated carbocycles. The molecule has 5 heteroatoms. The van der Waals surface area contributed by atoms with Gasteiger partial charge in [0.1, 0.15) is 17.6 Å². The van der Waals surface area contributed by atoms with Crippen molar-refractivity contribution in [1.82, 2.24) is 4.98 Å². The minimum absolute atomic E-state index is 0.305. The number of carbonyl (C=O) groups is 1. The molecule has 0 aliphatic heterocycles. The third-order valence-corrected chi connectivity index (χ3v) is 3.46. The first kappa shape index (κ1) is 11.9. The Morgan fingerprint density at radius 3 is 2.79 bits per heavy atom. The number of fused-ring (bicyclic) bond motifs is 1. The smallest absolute Gasteiger partial charge is 0.261 e. The highest BCUT2D eigenvalue weighted by Gasteiger charge is 2.10. The Balaban J connectivity index is 1.94. The average molecular weight is 273 g/mol. The van der Waals surface area contributed by atoms with Crippen LogP contribution in [0.5, 0.6) is 0 Å². The highest BCUT2D eigenvalue weighted by atomic mass is 32.2. The number of benzene rings is 2. The van der Waals surface area contributed by atoms with Gasteiger partial charge in [-0.1, -0.05) is 18.2 Å². The fourth-order valence-electron chi connectivity index (χ4n) is 1.66. The summed E-state index contributed by atoms with van der Waals surface area (Å²) in [5.74, 6) is -0.461. The van der Waals surface area contributed by atoms with Gasteiger partial charge in [0.05, 0.1) is 4.90 Å². The molecular formula is C14H8FNO2S. The third kappa shape index (κ3) is 2.37. The summed E-state index contributed by atoms with van der Waals surface area (Å²) in [6, 6.07) is 11.6. The van der Waals surface area contributed by atoms with Gasteiger partial charge in [0.15, 0.2) is 5.58 Å². The molecule has 0 amide bonds. The molecule has 3 aromatic rings. The highest BCUT2D eigenvalue weighted by molar-refractivity contribution is 7.99. The summed E-state index contributed by atoms with van der Waals surface area (Å²) in [5.41, 5.74) is 1.70. The van der Waals surface area contributed by atoms with E-state index >= 15 is 0 Å². The van der Waals surface area contributed by atoms with Crippen molar-refractivity contribution in [2.75, 3.05) is 0 Å². The zero-order valence-electron chi connectivity index (χ0n) is 9.67. The summed E-state index contributed by atoms with van der Waals surface area (Å²) in [4.78, 5) is 15.2. The van der Waals surface area contributed by atoms with Crippen LogP contribution in [0, 0.1) is 5.82 Å². The monoisotopic (exact) mass is 273 g/mol. The molecule has 0 N–H and O–H groups in total. The van der Waals surface area contributed by atoms with E-state index in [-0.39, 0.29) is 0 Å². The van der Waals surface area contributed by atoms with Crippen LogP contribution in [0.15, 0.2) is 57.0 Å². The predicted octanol–water partition coefficient (Wildman–Crippen LogP) is 3.93. The van der Waals surface area contributed by atoms with Crippen LogP contribution in [0.25, 0.3) is 11.1 Å². The van der Waals surface area contributed by atoms with Gasteiger partial charge in [-0.05, 0) is 36.0 Å². The molecule has 0 atom stereocenters. The molecule has 1 aromatic heterocycles. The van der Waals surface area contributed by atoms with E-state index in [1.54, 1.807) is 18.2 Å². The summed E-state index contributed by atoms with van der Waals surface area (Å²) < 4.78 is 19.2. The van der Waals surface area contributed by atoms with E-state index in [1.807, 2.05) is 18.2 Å². The topological polar surface area (TPSA) is 43.1 Å². The standard InChI is InChI=1S/C14H8FNO2S/c15-10-7-9(8-17)5-6-13(10)19-14-16-11-3-1-2-4-12(11)18-14/h1-8H. The SMILES string of the molecule is O=Cc1ccc(Sc2nc3ccccc3o2)c(F)c1. The number of halogens is 1. The molecule has 2 aromatic carbocycles. The van der Waals surface area contributed by atoms with Gasteiger partial charge in [-0.3, -0.25) is 4.79 Å². The number of para-hydroxylation sites is 2. The van der Waals surface area contributed by atoms with Crippen molar-refractivity contribution in [2.24, 2.45) is 0 Å². The summed E-state index contributed by atoms with van der Waals surface area (Å²) in [7, 11) is 0. The normalized spacial score (nSPS) is 10.8. The van der Waals surface area contributed by atoms with Crippen LogP contribution >= 0.6 is 11.8 Å². The number of rotatable bonds is 3. The van der Waals surface area contributed by atoms with Gasteiger partial charge < -0.3 is 4.42 Å². The van der Waals surface area contributed by atoms with Gasteiger partial charge in [-0.15, -0.1) is 0 Å². The van der Waals surface area contributed by atoms with Gasteiger partial charge in [0.2, 0.25) is 0 Å². The van der Waals surface area contributed by atoms with E-state index < -0.39 is 5.82 Å². The lowest BCUT2D eigenvalue weighted by molar-refractivity contribution is 0.112. The number of nitrogens with zero attached hydrogens (tertiary/aromatic N) is 1. The van der Waals surface area contributed by atoms with Crippen molar-refractivity contribution in [1.29, 1.82) is 0 Å². The second kappa shape index (κ2) is 4.85. The Hall–Kier alpha value is -2.14. The highest BCUT2D eigenvalue weighted by Crippen LogP contribution is 2.31. The first-order chi connectivity index (χ1) is 9.26. The molecule has 19 heavy (non-hydrogen) atoms. The minimum atomic E-state index is -0.461. The molecular weight excluding hydrogens is 265 g/mol.